The Morgan fingerprint density at radius 1 is 1.33 bits per heavy atom. The third-order valence-electron chi connectivity index (χ3n) is 3.26. The number of carbonyl (C=O) groups excluding carboxylic acids is 2. The van der Waals surface area contributed by atoms with Gasteiger partial charge in [-0.3, -0.25) is 9.59 Å². The van der Waals surface area contributed by atoms with Crippen LogP contribution in [0.15, 0.2) is 0 Å². The van der Waals surface area contributed by atoms with Gasteiger partial charge in [-0.1, -0.05) is 13.8 Å². The molecule has 0 saturated carbocycles. The summed E-state index contributed by atoms with van der Waals surface area (Å²) in [5.41, 5.74) is 0. The van der Waals surface area contributed by atoms with Crippen molar-refractivity contribution in [3.8, 4) is 0 Å². The summed E-state index contributed by atoms with van der Waals surface area (Å²) in [5.74, 6) is 0.0383. The summed E-state index contributed by atoms with van der Waals surface area (Å²) < 4.78 is 0. The molecule has 0 bridgehead atoms. The normalized spacial score (nSPS) is 20.0. The molecule has 5 nitrogen and oxygen atoms in total. The summed E-state index contributed by atoms with van der Waals surface area (Å²) in [6.07, 6.45) is 3.26. The molecule has 0 aromatic heterocycles. The second kappa shape index (κ2) is 7.36. The highest BCUT2D eigenvalue weighted by molar-refractivity contribution is 5.87. The molecule has 1 fully saturated rings. The Morgan fingerprint density at radius 2 is 2.06 bits per heavy atom. The number of likely N-dealkylation sites (N-methyl/N-ethyl adjacent to an activating group) is 1. The van der Waals surface area contributed by atoms with Gasteiger partial charge in [0.2, 0.25) is 11.8 Å². The summed E-state index contributed by atoms with van der Waals surface area (Å²) in [5, 5.41) is 5.87. The van der Waals surface area contributed by atoms with Crippen LogP contribution in [0.3, 0.4) is 0 Å². The van der Waals surface area contributed by atoms with E-state index in [1.54, 1.807) is 11.9 Å². The van der Waals surface area contributed by atoms with Crippen LogP contribution in [-0.2, 0) is 9.59 Å². The van der Waals surface area contributed by atoms with Crippen LogP contribution in [0.2, 0.25) is 0 Å². The van der Waals surface area contributed by atoms with Crippen LogP contribution in [-0.4, -0.2) is 48.9 Å². The lowest BCUT2D eigenvalue weighted by Crippen LogP contribution is -2.51. The summed E-state index contributed by atoms with van der Waals surface area (Å²) >= 11 is 0. The van der Waals surface area contributed by atoms with Gasteiger partial charge in [-0.05, 0) is 19.3 Å². The number of hydrogen-bond donors (Lipinski definition) is 2. The van der Waals surface area contributed by atoms with Crippen molar-refractivity contribution in [2.45, 2.75) is 51.6 Å². The Hall–Kier alpha value is -1.10. The maximum Gasteiger partial charge on any atom is 0.242 e. The zero-order valence-electron chi connectivity index (χ0n) is 11.7. The average Bonchev–Trinajstić information content (AvgIpc) is 2.37. The molecule has 0 aromatic rings. The molecule has 0 aromatic carbocycles. The van der Waals surface area contributed by atoms with E-state index in [9.17, 15) is 9.59 Å². The quantitative estimate of drug-likeness (QED) is 0.752. The molecule has 1 unspecified atom stereocenters. The van der Waals surface area contributed by atoms with Gasteiger partial charge in [-0.15, -0.1) is 0 Å². The molecule has 1 saturated heterocycles. The number of piperidine rings is 1. The van der Waals surface area contributed by atoms with Crippen LogP contribution < -0.4 is 10.6 Å². The molecule has 0 radical (unpaired) electrons. The maximum atomic E-state index is 12.1. The number of hydrogen-bond acceptors (Lipinski definition) is 3. The molecule has 1 rings (SSSR count). The highest BCUT2D eigenvalue weighted by atomic mass is 16.2. The van der Waals surface area contributed by atoms with Gasteiger partial charge in [0.05, 0.1) is 0 Å². The predicted molar refractivity (Wildman–Crippen MR) is 71.2 cm³/mol. The second-order valence-electron chi connectivity index (χ2n) is 5.07. The Kier molecular flexibility index (Phi) is 6.12. The van der Waals surface area contributed by atoms with Crippen LogP contribution >= 0.6 is 0 Å². The van der Waals surface area contributed by atoms with E-state index in [0.717, 1.165) is 19.3 Å². The Balaban J connectivity index is 2.49. The average molecular weight is 255 g/mol. The largest absolute Gasteiger partial charge is 0.357 e. The number of rotatable bonds is 5. The van der Waals surface area contributed by atoms with Crippen LogP contribution in [0.5, 0.6) is 0 Å². The first-order valence-corrected chi connectivity index (χ1v) is 6.80. The van der Waals surface area contributed by atoms with E-state index in [0.29, 0.717) is 25.6 Å². The molecular formula is C13H25N3O2. The first-order valence-electron chi connectivity index (χ1n) is 6.80. The topological polar surface area (TPSA) is 61.4 Å². The molecule has 5 heteroatoms. The van der Waals surface area contributed by atoms with E-state index in [2.05, 4.69) is 24.5 Å². The monoisotopic (exact) mass is 255 g/mol. The second-order valence-corrected chi connectivity index (χ2v) is 5.07. The zero-order valence-corrected chi connectivity index (χ0v) is 11.7. The summed E-state index contributed by atoms with van der Waals surface area (Å²) in [7, 11) is 1.62. The van der Waals surface area contributed by atoms with Crippen LogP contribution in [0.1, 0.15) is 39.5 Å². The van der Waals surface area contributed by atoms with E-state index in [1.165, 1.54) is 0 Å². The van der Waals surface area contributed by atoms with Gasteiger partial charge in [0.1, 0.15) is 6.04 Å². The lowest BCUT2D eigenvalue weighted by molar-refractivity contribution is -0.142. The molecule has 1 aliphatic rings. The molecule has 104 valence electrons. The summed E-state index contributed by atoms with van der Waals surface area (Å²) in [6.45, 7) is 5.49. The molecule has 2 amide bonds. The fraction of sp³-hybridized carbons (Fsp3) is 0.846. The number of nitrogens with zero attached hydrogens (tertiary/aromatic N) is 1. The smallest absolute Gasteiger partial charge is 0.242 e. The first kappa shape index (κ1) is 15.0. The number of nitrogens with one attached hydrogen (secondary N) is 2. The third-order valence-corrected chi connectivity index (χ3v) is 3.26. The van der Waals surface area contributed by atoms with Gasteiger partial charge in [0.15, 0.2) is 0 Å². The van der Waals surface area contributed by atoms with E-state index >= 15 is 0 Å². The fourth-order valence-corrected chi connectivity index (χ4v) is 2.28. The van der Waals surface area contributed by atoms with Crippen molar-refractivity contribution < 1.29 is 9.59 Å². The van der Waals surface area contributed by atoms with Gasteiger partial charge in [0, 0.05) is 32.6 Å². The fourth-order valence-electron chi connectivity index (χ4n) is 2.28. The van der Waals surface area contributed by atoms with E-state index in [-0.39, 0.29) is 17.9 Å². The first-order chi connectivity index (χ1) is 8.56. The Bertz CT molecular complexity index is 292. The van der Waals surface area contributed by atoms with Gasteiger partial charge in [0.25, 0.3) is 0 Å². The number of likely N-dealkylation sites (tertiary alicyclic amines) is 1. The minimum absolute atomic E-state index is 0.0418. The van der Waals surface area contributed by atoms with Crippen LogP contribution in [0.4, 0.5) is 0 Å². The number of carbonyl (C=O) groups is 2. The highest BCUT2D eigenvalue weighted by Crippen LogP contribution is 2.18. The van der Waals surface area contributed by atoms with Crippen molar-refractivity contribution in [3.05, 3.63) is 0 Å². The van der Waals surface area contributed by atoms with Crippen molar-refractivity contribution in [1.82, 2.24) is 15.5 Å². The molecule has 0 spiro atoms. The van der Waals surface area contributed by atoms with Crippen LogP contribution in [0, 0.1) is 0 Å². The SMILES string of the molecule is CNC(=O)C1CCCCN1C(=O)CCNC(C)C. The van der Waals surface area contributed by atoms with Gasteiger partial charge < -0.3 is 15.5 Å². The van der Waals surface area contributed by atoms with Crippen molar-refractivity contribution in [2.24, 2.45) is 0 Å². The van der Waals surface area contributed by atoms with Crippen molar-refractivity contribution in [3.63, 3.8) is 0 Å². The molecule has 0 aliphatic carbocycles. The minimum atomic E-state index is -0.268. The molecule has 1 heterocycles. The summed E-state index contributed by atoms with van der Waals surface area (Å²) in [6, 6.07) is 0.115. The maximum absolute atomic E-state index is 12.1. The number of amides is 2. The van der Waals surface area contributed by atoms with Crippen molar-refractivity contribution in [2.75, 3.05) is 20.1 Å². The highest BCUT2D eigenvalue weighted by Gasteiger charge is 2.30. The Morgan fingerprint density at radius 3 is 2.67 bits per heavy atom. The van der Waals surface area contributed by atoms with Crippen molar-refractivity contribution >= 4 is 11.8 Å². The molecule has 2 N–H and O–H groups in total. The molecular weight excluding hydrogens is 230 g/mol. The van der Waals surface area contributed by atoms with Crippen LogP contribution in [0.25, 0.3) is 0 Å². The molecule has 1 aliphatic heterocycles. The summed E-state index contributed by atoms with van der Waals surface area (Å²) in [4.78, 5) is 25.6. The molecule has 1 atom stereocenters. The van der Waals surface area contributed by atoms with Gasteiger partial charge in [-0.25, -0.2) is 0 Å². The third kappa shape index (κ3) is 4.29. The standard InChI is InChI=1S/C13H25N3O2/c1-10(2)15-8-7-12(17)16-9-5-4-6-11(16)13(18)14-3/h10-11,15H,4-9H2,1-3H3,(H,14,18). The Labute approximate surface area is 109 Å². The van der Waals surface area contributed by atoms with E-state index < -0.39 is 0 Å². The lowest BCUT2D eigenvalue weighted by atomic mass is 10.0. The van der Waals surface area contributed by atoms with Gasteiger partial charge in [-0.2, -0.15) is 0 Å². The van der Waals surface area contributed by atoms with E-state index in [1.807, 2.05) is 0 Å². The molecule has 18 heavy (non-hydrogen) atoms. The van der Waals surface area contributed by atoms with Gasteiger partial charge >= 0.3 is 0 Å². The minimum Gasteiger partial charge on any atom is -0.357 e. The van der Waals surface area contributed by atoms with E-state index in [4.69, 9.17) is 0 Å². The lowest BCUT2D eigenvalue weighted by Gasteiger charge is -2.34. The zero-order chi connectivity index (χ0) is 13.5. The predicted octanol–water partition coefficient (Wildman–Crippen LogP) is 0.502. The van der Waals surface area contributed by atoms with Crippen molar-refractivity contribution in [1.29, 1.82) is 0 Å².